The molecule has 0 aromatic heterocycles. The first-order chi connectivity index (χ1) is 13.6. The number of anilines is 1. The van der Waals surface area contributed by atoms with Gasteiger partial charge in [-0.1, -0.05) is 18.2 Å². The lowest BCUT2D eigenvalue weighted by Crippen LogP contribution is -2.31. The van der Waals surface area contributed by atoms with E-state index in [2.05, 4.69) is 5.32 Å². The van der Waals surface area contributed by atoms with Crippen LogP contribution in [-0.4, -0.2) is 50.6 Å². The second-order valence-corrected chi connectivity index (χ2v) is 6.71. The summed E-state index contributed by atoms with van der Waals surface area (Å²) < 4.78 is 10.7. The molecule has 2 amide bonds. The standard InChI is InChI=1S/C21H25N3O4.ClH/c1-27-18-10-16(21(26)24-9-8-14(12-22)13-24)17(11-19(18)28-2)23-20(25)15-6-4-3-5-7-15;/h3-7,10-11,14H,8-9,12-13,22H2,1-2H3,(H,23,25);1H. The van der Waals surface area contributed by atoms with Crippen LogP contribution in [0.15, 0.2) is 42.5 Å². The average Bonchev–Trinajstić information content (AvgIpc) is 3.22. The second-order valence-electron chi connectivity index (χ2n) is 6.71. The molecule has 0 bridgehead atoms. The lowest BCUT2D eigenvalue weighted by Gasteiger charge is -2.20. The smallest absolute Gasteiger partial charge is 0.256 e. The minimum Gasteiger partial charge on any atom is -0.493 e. The molecule has 7 nitrogen and oxygen atoms in total. The molecular weight excluding hydrogens is 394 g/mol. The molecule has 1 atom stereocenters. The summed E-state index contributed by atoms with van der Waals surface area (Å²) in [6.45, 7) is 1.80. The normalized spacial score (nSPS) is 15.4. The van der Waals surface area contributed by atoms with Crippen molar-refractivity contribution in [2.45, 2.75) is 6.42 Å². The first kappa shape index (κ1) is 22.5. The van der Waals surface area contributed by atoms with Gasteiger partial charge in [0.25, 0.3) is 11.8 Å². The van der Waals surface area contributed by atoms with Gasteiger partial charge >= 0.3 is 0 Å². The Hall–Kier alpha value is -2.77. The number of hydrogen-bond donors (Lipinski definition) is 2. The van der Waals surface area contributed by atoms with Gasteiger partial charge in [-0.3, -0.25) is 9.59 Å². The van der Waals surface area contributed by atoms with Crippen molar-refractivity contribution < 1.29 is 19.1 Å². The number of carbonyl (C=O) groups is 2. The third kappa shape index (κ3) is 4.99. The minimum atomic E-state index is -0.303. The molecule has 2 aromatic rings. The van der Waals surface area contributed by atoms with Crippen molar-refractivity contribution >= 4 is 29.9 Å². The van der Waals surface area contributed by atoms with Crippen LogP contribution in [0, 0.1) is 5.92 Å². The summed E-state index contributed by atoms with van der Waals surface area (Å²) in [6, 6.07) is 12.1. The van der Waals surface area contributed by atoms with E-state index in [0.717, 1.165) is 6.42 Å². The maximum atomic E-state index is 13.2. The zero-order valence-corrected chi connectivity index (χ0v) is 17.3. The quantitative estimate of drug-likeness (QED) is 0.750. The van der Waals surface area contributed by atoms with E-state index in [4.69, 9.17) is 15.2 Å². The van der Waals surface area contributed by atoms with Crippen LogP contribution < -0.4 is 20.5 Å². The molecule has 1 aliphatic rings. The highest BCUT2D eigenvalue weighted by atomic mass is 35.5. The highest BCUT2D eigenvalue weighted by molar-refractivity contribution is 6.09. The highest BCUT2D eigenvalue weighted by Crippen LogP contribution is 2.35. The number of ether oxygens (including phenoxy) is 2. The van der Waals surface area contributed by atoms with Crippen molar-refractivity contribution in [3.05, 3.63) is 53.6 Å². The van der Waals surface area contributed by atoms with Crippen LogP contribution in [0.5, 0.6) is 11.5 Å². The van der Waals surface area contributed by atoms with Gasteiger partial charge in [-0.05, 0) is 37.1 Å². The zero-order valence-electron chi connectivity index (χ0n) is 16.5. The van der Waals surface area contributed by atoms with Gasteiger partial charge in [0.2, 0.25) is 0 Å². The van der Waals surface area contributed by atoms with Crippen molar-refractivity contribution in [3.63, 3.8) is 0 Å². The van der Waals surface area contributed by atoms with Gasteiger partial charge in [-0.15, -0.1) is 12.4 Å². The minimum absolute atomic E-state index is 0. The summed E-state index contributed by atoms with van der Waals surface area (Å²) in [4.78, 5) is 27.6. The summed E-state index contributed by atoms with van der Waals surface area (Å²) in [5.41, 5.74) is 6.99. The molecule has 1 fully saturated rings. The molecule has 3 N–H and O–H groups in total. The van der Waals surface area contributed by atoms with Crippen molar-refractivity contribution in [1.29, 1.82) is 0 Å². The maximum Gasteiger partial charge on any atom is 0.256 e. The molecule has 0 radical (unpaired) electrons. The number of likely N-dealkylation sites (tertiary alicyclic amines) is 1. The van der Waals surface area contributed by atoms with Crippen molar-refractivity contribution in [1.82, 2.24) is 4.90 Å². The van der Waals surface area contributed by atoms with Crippen LogP contribution in [0.1, 0.15) is 27.1 Å². The lowest BCUT2D eigenvalue weighted by molar-refractivity contribution is 0.0788. The monoisotopic (exact) mass is 419 g/mol. The summed E-state index contributed by atoms with van der Waals surface area (Å²) >= 11 is 0. The van der Waals surface area contributed by atoms with Crippen molar-refractivity contribution in [2.24, 2.45) is 11.7 Å². The number of halogens is 1. The van der Waals surface area contributed by atoms with E-state index >= 15 is 0 Å². The number of benzene rings is 2. The highest BCUT2D eigenvalue weighted by Gasteiger charge is 2.29. The Bertz CT molecular complexity index is 861. The Morgan fingerprint density at radius 2 is 1.79 bits per heavy atom. The largest absolute Gasteiger partial charge is 0.493 e. The van der Waals surface area contributed by atoms with E-state index in [0.29, 0.717) is 53.9 Å². The van der Waals surface area contributed by atoms with Crippen LogP contribution in [0.2, 0.25) is 0 Å². The fourth-order valence-electron chi connectivity index (χ4n) is 3.32. The molecule has 2 aromatic carbocycles. The molecule has 1 aliphatic heterocycles. The van der Waals surface area contributed by atoms with Gasteiger partial charge < -0.3 is 25.4 Å². The lowest BCUT2D eigenvalue weighted by atomic mass is 10.1. The molecule has 0 spiro atoms. The Morgan fingerprint density at radius 1 is 1.14 bits per heavy atom. The fraction of sp³-hybridized carbons (Fsp3) is 0.333. The van der Waals surface area contributed by atoms with E-state index in [1.165, 1.54) is 14.2 Å². The number of carbonyl (C=O) groups excluding carboxylic acids is 2. The summed E-state index contributed by atoms with van der Waals surface area (Å²) in [7, 11) is 3.02. The second kappa shape index (κ2) is 10.1. The van der Waals surface area contributed by atoms with Gasteiger partial charge in [-0.25, -0.2) is 0 Å². The van der Waals surface area contributed by atoms with Gasteiger partial charge in [0.15, 0.2) is 11.5 Å². The molecule has 156 valence electrons. The molecule has 1 unspecified atom stereocenters. The van der Waals surface area contributed by atoms with Crippen molar-refractivity contribution in [3.8, 4) is 11.5 Å². The Kier molecular flexibility index (Phi) is 7.87. The topological polar surface area (TPSA) is 93.9 Å². The number of nitrogens with zero attached hydrogens (tertiary/aromatic N) is 1. The Morgan fingerprint density at radius 3 is 2.38 bits per heavy atom. The molecule has 29 heavy (non-hydrogen) atoms. The van der Waals surface area contributed by atoms with Crippen LogP contribution >= 0.6 is 12.4 Å². The molecule has 8 heteroatoms. The van der Waals surface area contributed by atoms with Crippen LogP contribution in [0.3, 0.4) is 0 Å². The predicted molar refractivity (Wildman–Crippen MR) is 114 cm³/mol. The summed E-state index contributed by atoms with van der Waals surface area (Å²) in [5, 5.41) is 2.84. The summed E-state index contributed by atoms with van der Waals surface area (Å²) in [6.07, 6.45) is 0.876. The predicted octanol–water partition coefficient (Wildman–Crippen LogP) is 2.80. The number of nitrogens with one attached hydrogen (secondary N) is 1. The number of amides is 2. The average molecular weight is 420 g/mol. The maximum absolute atomic E-state index is 13.2. The van der Waals surface area contributed by atoms with Crippen LogP contribution in [0.25, 0.3) is 0 Å². The number of nitrogens with two attached hydrogens (primary N) is 1. The molecular formula is C21H26ClN3O4. The SMILES string of the molecule is COc1cc(NC(=O)c2ccccc2)c(C(=O)N2CCC(CN)C2)cc1OC.Cl. The van der Waals surface area contributed by atoms with Gasteiger partial charge in [0.05, 0.1) is 25.5 Å². The van der Waals surface area contributed by atoms with E-state index in [1.807, 2.05) is 6.07 Å². The number of rotatable bonds is 6. The number of hydrogen-bond acceptors (Lipinski definition) is 5. The third-order valence-corrected chi connectivity index (χ3v) is 4.94. The van der Waals surface area contributed by atoms with Gasteiger partial charge in [0.1, 0.15) is 0 Å². The van der Waals surface area contributed by atoms with Gasteiger partial charge in [-0.2, -0.15) is 0 Å². The van der Waals surface area contributed by atoms with Crippen molar-refractivity contribution in [2.75, 3.05) is 39.2 Å². The van der Waals surface area contributed by atoms with E-state index < -0.39 is 0 Å². The zero-order chi connectivity index (χ0) is 20.1. The molecule has 1 heterocycles. The first-order valence-electron chi connectivity index (χ1n) is 9.19. The third-order valence-electron chi connectivity index (χ3n) is 4.94. The van der Waals surface area contributed by atoms with E-state index in [9.17, 15) is 9.59 Å². The Labute approximate surface area is 176 Å². The molecule has 0 aliphatic carbocycles. The summed E-state index contributed by atoms with van der Waals surface area (Å²) in [5.74, 6) is 0.691. The van der Waals surface area contributed by atoms with Crippen LogP contribution in [-0.2, 0) is 0 Å². The Balaban J connectivity index is 0.00000300. The van der Waals surface area contributed by atoms with Gasteiger partial charge in [0, 0.05) is 24.7 Å². The molecule has 1 saturated heterocycles. The molecule has 0 saturated carbocycles. The number of methoxy groups -OCH3 is 2. The van der Waals surface area contributed by atoms with E-state index in [1.54, 1.807) is 41.3 Å². The fourth-order valence-corrected chi connectivity index (χ4v) is 3.32. The van der Waals surface area contributed by atoms with E-state index in [-0.39, 0.29) is 24.2 Å². The first-order valence-corrected chi connectivity index (χ1v) is 9.19. The van der Waals surface area contributed by atoms with Crippen LogP contribution in [0.4, 0.5) is 5.69 Å². The molecule has 3 rings (SSSR count).